The summed E-state index contributed by atoms with van der Waals surface area (Å²) in [6.45, 7) is 7.11. The second kappa shape index (κ2) is 11.7. The zero-order valence-corrected chi connectivity index (χ0v) is 28.5. The van der Waals surface area contributed by atoms with E-state index in [-0.39, 0.29) is 9.79 Å². The maximum absolute atomic E-state index is 14.6. The van der Waals surface area contributed by atoms with Gasteiger partial charge in [-0.1, -0.05) is 0 Å². The molecule has 0 aromatic heterocycles. The van der Waals surface area contributed by atoms with Gasteiger partial charge < -0.3 is 0 Å². The predicted octanol–water partition coefficient (Wildman–Crippen LogP) is 5.15. The average Bonchev–Trinajstić information content (AvgIpc) is 2.97. The summed E-state index contributed by atoms with van der Waals surface area (Å²) < 4.78 is 72.7. The van der Waals surface area contributed by atoms with E-state index in [4.69, 9.17) is 4.92 Å². The van der Waals surface area contributed by atoms with Crippen LogP contribution < -0.4 is 10.5 Å². The molecular formula is C34H33O6S2Sb. The van der Waals surface area contributed by atoms with Crippen molar-refractivity contribution in [3.63, 3.8) is 0 Å². The van der Waals surface area contributed by atoms with Gasteiger partial charge in [0.1, 0.15) is 0 Å². The van der Waals surface area contributed by atoms with Crippen molar-refractivity contribution in [2.24, 2.45) is 0 Å². The summed E-state index contributed by atoms with van der Waals surface area (Å²) in [5.41, 5.74) is 2.70. The average molecular weight is 724 g/mol. The van der Waals surface area contributed by atoms with E-state index in [2.05, 4.69) is 0 Å². The minimum absolute atomic E-state index is 0.0633. The van der Waals surface area contributed by atoms with Crippen molar-refractivity contribution in [2.45, 2.75) is 37.5 Å². The molecule has 0 N–H and O–H groups in total. The van der Waals surface area contributed by atoms with Crippen LogP contribution in [0, 0.1) is 27.7 Å². The van der Waals surface area contributed by atoms with E-state index in [1.807, 2.05) is 13.8 Å². The van der Waals surface area contributed by atoms with E-state index in [0.29, 0.717) is 21.7 Å². The Balaban J connectivity index is 1.98. The standard InChI is InChI=1S/2C8H10O3S.3C6H5.Sb/c2*1-6-3-4-8(7(2)5-6)12(9,10)11;3*1-2-4-6-5-3-1;/h2*3-5H,1-2H3,(H,9,10,11);3*1-5H;/q;;;;;+2/p-2. The molecule has 0 aliphatic heterocycles. The SMILES string of the molecule is Cc1ccc(S(=O)(=O)[O][Sb]([O]S(=O)(=O)c2ccc(C)cc2C)([c]2ccccc2)([c]2ccccc2)[c]2ccccc2)c(C)c1. The molecule has 9 heteroatoms. The molecule has 0 aliphatic carbocycles. The van der Waals surface area contributed by atoms with Gasteiger partial charge in [-0.05, 0) is 0 Å². The van der Waals surface area contributed by atoms with Gasteiger partial charge in [0.15, 0.2) is 0 Å². The van der Waals surface area contributed by atoms with Crippen molar-refractivity contribution in [1.29, 1.82) is 0 Å². The normalized spacial score (nSPS) is 13.3. The van der Waals surface area contributed by atoms with E-state index in [0.717, 1.165) is 11.1 Å². The molecule has 0 saturated heterocycles. The van der Waals surface area contributed by atoms with Gasteiger partial charge in [-0.2, -0.15) is 0 Å². The summed E-state index contributed by atoms with van der Waals surface area (Å²) >= 11 is -6.66. The van der Waals surface area contributed by atoms with Gasteiger partial charge in [0.25, 0.3) is 0 Å². The van der Waals surface area contributed by atoms with Crippen LogP contribution in [-0.2, 0) is 25.2 Å². The summed E-state index contributed by atoms with van der Waals surface area (Å²) in [4.78, 5) is -0.127. The van der Waals surface area contributed by atoms with Crippen molar-refractivity contribution in [1.82, 2.24) is 0 Å². The predicted molar refractivity (Wildman–Crippen MR) is 172 cm³/mol. The van der Waals surface area contributed by atoms with Gasteiger partial charge >= 0.3 is 258 Å². The van der Waals surface area contributed by atoms with Gasteiger partial charge in [0.2, 0.25) is 0 Å². The second-order valence-electron chi connectivity index (χ2n) is 10.6. The van der Waals surface area contributed by atoms with Crippen LogP contribution in [0.4, 0.5) is 0 Å². The third kappa shape index (κ3) is 5.59. The molecule has 222 valence electrons. The van der Waals surface area contributed by atoms with Crippen molar-refractivity contribution in [3.05, 3.63) is 150 Å². The molecule has 5 rings (SSSR count). The van der Waals surface area contributed by atoms with Gasteiger partial charge in [0.05, 0.1) is 0 Å². The fraction of sp³-hybridized carbons (Fsp3) is 0.118. The Morgan fingerprint density at radius 3 is 1.02 bits per heavy atom. The van der Waals surface area contributed by atoms with Crippen molar-refractivity contribution >= 4 is 49.0 Å². The van der Waals surface area contributed by atoms with E-state index in [1.165, 1.54) is 12.1 Å². The monoisotopic (exact) mass is 722 g/mol. The van der Waals surface area contributed by atoms with Gasteiger partial charge in [-0.25, -0.2) is 0 Å². The molecule has 0 heterocycles. The Labute approximate surface area is 256 Å². The zero-order valence-electron chi connectivity index (χ0n) is 24.3. The van der Waals surface area contributed by atoms with E-state index in [1.54, 1.807) is 129 Å². The maximum atomic E-state index is 14.6. The summed E-state index contributed by atoms with van der Waals surface area (Å²) in [6.07, 6.45) is 0. The first-order valence-corrected chi connectivity index (χ1v) is 22.4. The summed E-state index contributed by atoms with van der Waals surface area (Å²) in [5.74, 6) is 0. The first-order valence-electron chi connectivity index (χ1n) is 13.7. The van der Waals surface area contributed by atoms with Crippen molar-refractivity contribution in [3.8, 4) is 0 Å². The molecular weight excluding hydrogens is 690 g/mol. The van der Waals surface area contributed by atoms with Crippen LogP contribution in [0.3, 0.4) is 0 Å². The Bertz CT molecular complexity index is 1810. The van der Waals surface area contributed by atoms with Crippen molar-refractivity contribution in [2.75, 3.05) is 0 Å². The Kier molecular flexibility index (Phi) is 8.46. The van der Waals surface area contributed by atoms with Gasteiger partial charge in [-0.3, -0.25) is 0 Å². The molecule has 0 amide bonds. The molecule has 0 aliphatic rings. The molecule has 0 unspecified atom stereocenters. The number of benzene rings is 5. The quantitative estimate of drug-likeness (QED) is 0.196. The van der Waals surface area contributed by atoms with Crippen LogP contribution in [0.2, 0.25) is 0 Å². The summed E-state index contributed by atoms with van der Waals surface area (Å²) in [7, 11) is -9.28. The van der Waals surface area contributed by atoms with Gasteiger partial charge in [0, 0.05) is 0 Å². The summed E-state index contributed by atoms with van der Waals surface area (Å²) in [6, 6.07) is 35.7. The number of hydrogen-bond donors (Lipinski definition) is 0. The zero-order chi connectivity index (χ0) is 30.9. The van der Waals surface area contributed by atoms with Crippen LogP contribution in [0.15, 0.2) is 137 Å². The van der Waals surface area contributed by atoms with E-state index < -0.39 is 38.5 Å². The number of aryl methyl sites for hydroxylation is 4. The van der Waals surface area contributed by atoms with E-state index in [9.17, 15) is 16.8 Å². The third-order valence-corrected chi connectivity index (χ3v) is 29.1. The molecule has 5 aromatic carbocycles. The molecule has 0 radical (unpaired) electrons. The van der Waals surface area contributed by atoms with Crippen LogP contribution in [0.5, 0.6) is 0 Å². The molecule has 5 aromatic rings. The van der Waals surface area contributed by atoms with Crippen LogP contribution in [0.1, 0.15) is 22.3 Å². The van der Waals surface area contributed by atoms with Crippen LogP contribution in [0.25, 0.3) is 0 Å². The molecule has 0 fully saturated rings. The molecule has 0 spiro atoms. The fourth-order valence-corrected chi connectivity index (χ4v) is 29.8. The van der Waals surface area contributed by atoms with Crippen LogP contribution >= 0.6 is 0 Å². The van der Waals surface area contributed by atoms with Gasteiger partial charge in [-0.15, -0.1) is 0 Å². The molecule has 0 atom stereocenters. The van der Waals surface area contributed by atoms with Crippen molar-refractivity contribution < 1.29 is 21.8 Å². The fourth-order valence-electron chi connectivity index (χ4n) is 5.43. The summed E-state index contributed by atoms with van der Waals surface area (Å²) in [5, 5.41) is 0. The Hall–Kier alpha value is -3.26. The van der Waals surface area contributed by atoms with E-state index >= 15 is 0 Å². The number of rotatable bonds is 9. The third-order valence-electron chi connectivity index (χ3n) is 7.36. The molecule has 6 nitrogen and oxygen atoms in total. The minimum atomic E-state index is -6.66. The first kappa shape index (κ1) is 31.2. The Morgan fingerprint density at radius 2 is 0.744 bits per heavy atom. The molecule has 43 heavy (non-hydrogen) atoms. The molecule has 0 saturated carbocycles. The topological polar surface area (TPSA) is 86.7 Å². The second-order valence-corrected chi connectivity index (χ2v) is 26.0. The first-order chi connectivity index (χ1) is 20.4. The number of hydrogen-bond acceptors (Lipinski definition) is 6. The van der Waals surface area contributed by atoms with Crippen LogP contribution in [-0.4, -0.2) is 35.1 Å². The molecule has 0 bridgehead atoms. The Morgan fingerprint density at radius 1 is 0.442 bits per heavy atom.